The number of aliphatic hydroxyl groups is 1. The Hall–Kier alpha value is -0.990. The first-order valence-electron chi connectivity index (χ1n) is 4.81. The summed E-state index contributed by atoms with van der Waals surface area (Å²) in [6.45, 7) is 3.62. The number of benzene rings is 1. The van der Waals surface area contributed by atoms with Crippen molar-refractivity contribution >= 4 is 11.6 Å². The van der Waals surface area contributed by atoms with E-state index in [4.69, 9.17) is 16.3 Å². The molecule has 1 atom stereocenters. The fourth-order valence-corrected chi connectivity index (χ4v) is 1.58. The third-order valence-corrected chi connectivity index (χ3v) is 2.43. The predicted octanol–water partition coefficient (Wildman–Crippen LogP) is 3.35. The molecule has 0 fully saturated rings. The first-order valence-corrected chi connectivity index (χ1v) is 5.19. The molecule has 82 valence electrons. The number of hydrogen-bond donors (Lipinski definition) is 1. The Labute approximate surface area is 95.1 Å². The summed E-state index contributed by atoms with van der Waals surface area (Å²) in [5.74, 6) is 0.663. The predicted molar refractivity (Wildman–Crippen MR) is 62.4 cm³/mol. The van der Waals surface area contributed by atoms with E-state index in [1.54, 1.807) is 31.4 Å². The molecule has 0 spiro atoms. The molecule has 1 unspecified atom stereocenters. The SMILES string of the molecule is C=CCCC(O)c1cc(Cl)ccc1OC. The molecule has 0 heterocycles. The van der Waals surface area contributed by atoms with E-state index in [1.807, 2.05) is 0 Å². The molecule has 2 nitrogen and oxygen atoms in total. The van der Waals surface area contributed by atoms with Crippen molar-refractivity contribution in [2.24, 2.45) is 0 Å². The Kier molecular flexibility index (Phi) is 4.66. The van der Waals surface area contributed by atoms with E-state index in [2.05, 4.69) is 6.58 Å². The number of hydrogen-bond acceptors (Lipinski definition) is 2. The van der Waals surface area contributed by atoms with Crippen LogP contribution in [0.5, 0.6) is 5.75 Å². The molecular weight excluding hydrogens is 212 g/mol. The van der Waals surface area contributed by atoms with Crippen molar-refractivity contribution in [3.8, 4) is 5.75 Å². The van der Waals surface area contributed by atoms with Gasteiger partial charge in [0.15, 0.2) is 0 Å². The van der Waals surface area contributed by atoms with E-state index in [0.29, 0.717) is 17.2 Å². The molecular formula is C12H15ClO2. The Morgan fingerprint density at radius 3 is 2.93 bits per heavy atom. The van der Waals surface area contributed by atoms with E-state index in [9.17, 15) is 5.11 Å². The molecule has 15 heavy (non-hydrogen) atoms. The summed E-state index contributed by atoms with van der Waals surface area (Å²) in [4.78, 5) is 0. The molecule has 0 aliphatic rings. The quantitative estimate of drug-likeness (QED) is 0.781. The second-order valence-corrected chi connectivity index (χ2v) is 3.70. The lowest BCUT2D eigenvalue weighted by Gasteiger charge is -2.14. The maximum Gasteiger partial charge on any atom is 0.124 e. The molecule has 1 N–H and O–H groups in total. The van der Waals surface area contributed by atoms with E-state index in [-0.39, 0.29) is 0 Å². The van der Waals surface area contributed by atoms with Crippen LogP contribution in [0.1, 0.15) is 24.5 Å². The van der Waals surface area contributed by atoms with Crippen molar-refractivity contribution in [2.45, 2.75) is 18.9 Å². The van der Waals surface area contributed by atoms with Crippen LogP contribution in [0.25, 0.3) is 0 Å². The molecule has 0 aromatic heterocycles. The van der Waals surface area contributed by atoms with Gasteiger partial charge in [0.05, 0.1) is 13.2 Å². The number of ether oxygens (including phenoxy) is 1. The van der Waals surface area contributed by atoms with Crippen molar-refractivity contribution in [3.05, 3.63) is 41.4 Å². The zero-order valence-corrected chi connectivity index (χ0v) is 9.50. The molecule has 0 aliphatic carbocycles. The number of allylic oxidation sites excluding steroid dienone is 1. The number of aliphatic hydroxyl groups excluding tert-OH is 1. The lowest BCUT2D eigenvalue weighted by atomic mass is 10.0. The highest BCUT2D eigenvalue weighted by Crippen LogP contribution is 2.30. The topological polar surface area (TPSA) is 29.5 Å². The number of rotatable bonds is 5. The fraction of sp³-hybridized carbons (Fsp3) is 0.333. The second kappa shape index (κ2) is 5.79. The first kappa shape index (κ1) is 12.1. The van der Waals surface area contributed by atoms with Crippen molar-refractivity contribution in [1.29, 1.82) is 0 Å². The molecule has 0 bridgehead atoms. The van der Waals surface area contributed by atoms with Gasteiger partial charge >= 0.3 is 0 Å². The molecule has 3 heteroatoms. The Morgan fingerprint density at radius 1 is 1.60 bits per heavy atom. The summed E-state index contributed by atoms with van der Waals surface area (Å²) in [6.07, 6.45) is 2.61. The molecule has 0 saturated carbocycles. The molecule has 1 aromatic carbocycles. The summed E-state index contributed by atoms with van der Waals surface area (Å²) in [7, 11) is 1.58. The standard InChI is InChI=1S/C12H15ClO2/c1-3-4-5-11(14)10-8-9(13)6-7-12(10)15-2/h3,6-8,11,14H,1,4-5H2,2H3. The highest BCUT2D eigenvalue weighted by Gasteiger charge is 2.12. The first-order chi connectivity index (χ1) is 7.19. The highest BCUT2D eigenvalue weighted by atomic mass is 35.5. The fourth-order valence-electron chi connectivity index (χ4n) is 1.40. The van der Waals surface area contributed by atoms with Gasteiger partial charge in [0.1, 0.15) is 5.75 Å². The van der Waals surface area contributed by atoms with Crippen molar-refractivity contribution in [1.82, 2.24) is 0 Å². The summed E-state index contributed by atoms with van der Waals surface area (Å²) < 4.78 is 5.16. The minimum Gasteiger partial charge on any atom is -0.496 e. The summed E-state index contributed by atoms with van der Waals surface area (Å²) in [5.41, 5.74) is 0.729. The smallest absolute Gasteiger partial charge is 0.124 e. The Morgan fingerprint density at radius 2 is 2.33 bits per heavy atom. The van der Waals surface area contributed by atoms with E-state index < -0.39 is 6.10 Å². The molecule has 0 radical (unpaired) electrons. The zero-order chi connectivity index (χ0) is 11.3. The van der Waals surface area contributed by atoms with Crippen LogP contribution >= 0.6 is 11.6 Å². The van der Waals surface area contributed by atoms with Crippen molar-refractivity contribution in [2.75, 3.05) is 7.11 Å². The van der Waals surface area contributed by atoms with Gasteiger partial charge in [-0.3, -0.25) is 0 Å². The van der Waals surface area contributed by atoms with Crippen molar-refractivity contribution in [3.63, 3.8) is 0 Å². The minimum atomic E-state index is -0.559. The van der Waals surface area contributed by atoms with E-state index in [0.717, 1.165) is 12.0 Å². The van der Waals surface area contributed by atoms with Gasteiger partial charge in [0, 0.05) is 10.6 Å². The highest BCUT2D eigenvalue weighted by molar-refractivity contribution is 6.30. The maximum atomic E-state index is 9.90. The lowest BCUT2D eigenvalue weighted by molar-refractivity contribution is 0.164. The molecule has 0 amide bonds. The molecule has 1 rings (SSSR count). The van der Waals surface area contributed by atoms with E-state index in [1.165, 1.54) is 0 Å². The van der Waals surface area contributed by atoms with Crippen LogP contribution in [0.15, 0.2) is 30.9 Å². The number of halogens is 1. The summed E-state index contributed by atoms with van der Waals surface area (Å²) >= 11 is 5.87. The van der Waals surface area contributed by atoms with E-state index >= 15 is 0 Å². The van der Waals surface area contributed by atoms with Gasteiger partial charge < -0.3 is 9.84 Å². The average molecular weight is 227 g/mol. The van der Waals surface area contributed by atoms with Gasteiger partial charge in [-0.1, -0.05) is 17.7 Å². The largest absolute Gasteiger partial charge is 0.496 e. The van der Waals surface area contributed by atoms with Gasteiger partial charge in [-0.15, -0.1) is 6.58 Å². The third kappa shape index (κ3) is 3.26. The molecule has 1 aromatic rings. The Bertz CT molecular complexity index is 336. The second-order valence-electron chi connectivity index (χ2n) is 3.27. The molecule has 0 saturated heterocycles. The van der Waals surface area contributed by atoms with Crippen LogP contribution < -0.4 is 4.74 Å². The van der Waals surface area contributed by atoms with Crippen LogP contribution in [0.2, 0.25) is 5.02 Å². The normalized spacial score (nSPS) is 12.2. The van der Waals surface area contributed by atoms with Gasteiger partial charge in [0.25, 0.3) is 0 Å². The van der Waals surface area contributed by atoms with Gasteiger partial charge in [-0.2, -0.15) is 0 Å². The van der Waals surface area contributed by atoms with Gasteiger partial charge in [-0.25, -0.2) is 0 Å². The summed E-state index contributed by atoms with van der Waals surface area (Å²) in [5, 5.41) is 10.5. The minimum absolute atomic E-state index is 0.559. The van der Waals surface area contributed by atoms with Crippen molar-refractivity contribution < 1.29 is 9.84 Å². The lowest BCUT2D eigenvalue weighted by Crippen LogP contribution is -2.00. The van der Waals surface area contributed by atoms with Crippen LogP contribution in [0.3, 0.4) is 0 Å². The van der Waals surface area contributed by atoms with Crippen LogP contribution in [0, 0.1) is 0 Å². The van der Waals surface area contributed by atoms with Crippen LogP contribution in [-0.2, 0) is 0 Å². The average Bonchev–Trinajstić information content (AvgIpc) is 2.25. The molecule has 0 aliphatic heterocycles. The van der Waals surface area contributed by atoms with Crippen LogP contribution in [0.4, 0.5) is 0 Å². The number of methoxy groups -OCH3 is 1. The summed E-state index contributed by atoms with van der Waals surface area (Å²) in [6, 6.07) is 5.23. The van der Waals surface area contributed by atoms with Gasteiger partial charge in [0.2, 0.25) is 0 Å². The zero-order valence-electron chi connectivity index (χ0n) is 8.74. The maximum absolute atomic E-state index is 9.90. The Balaban J connectivity index is 2.89. The third-order valence-electron chi connectivity index (χ3n) is 2.19. The monoisotopic (exact) mass is 226 g/mol. The van der Waals surface area contributed by atoms with Gasteiger partial charge in [-0.05, 0) is 31.0 Å². The van der Waals surface area contributed by atoms with Crippen LogP contribution in [-0.4, -0.2) is 12.2 Å².